The second kappa shape index (κ2) is 10.5. The normalized spacial score (nSPS) is 16.9. The predicted octanol–water partition coefficient (Wildman–Crippen LogP) is 3.88. The van der Waals surface area contributed by atoms with Crippen molar-refractivity contribution in [2.45, 2.75) is 57.2 Å². The lowest BCUT2D eigenvalue weighted by Crippen LogP contribution is -2.55. The molecule has 0 aromatic heterocycles. The number of alkyl carbamates (subject to hydrolysis) is 1. The van der Waals surface area contributed by atoms with Crippen LogP contribution in [0, 0.1) is 0 Å². The number of ether oxygens (including phenoxy) is 2. The van der Waals surface area contributed by atoms with Crippen LogP contribution in [-0.4, -0.2) is 54.2 Å². The van der Waals surface area contributed by atoms with E-state index in [0.29, 0.717) is 19.4 Å². The Hall–Kier alpha value is -3.35. The first kappa shape index (κ1) is 24.3. The molecule has 1 fully saturated rings. The molecule has 1 aliphatic rings. The molecule has 2 atom stereocenters. The van der Waals surface area contributed by atoms with Crippen LogP contribution < -0.4 is 5.32 Å². The minimum atomic E-state index is -0.977. The molecule has 0 unspecified atom stereocenters. The number of rotatable bonds is 6. The third-order valence-electron chi connectivity index (χ3n) is 5.60. The van der Waals surface area contributed by atoms with Crippen LogP contribution in [0.4, 0.5) is 4.79 Å². The number of amides is 2. The maximum Gasteiger partial charge on any atom is 0.408 e. The monoisotopic (exact) mass is 452 g/mol. The van der Waals surface area contributed by atoms with Crippen molar-refractivity contribution in [3.8, 4) is 0 Å². The van der Waals surface area contributed by atoms with Gasteiger partial charge in [0.15, 0.2) is 0 Å². The first-order valence-corrected chi connectivity index (χ1v) is 11.2. The third kappa shape index (κ3) is 6.12. The molecular weight excluding hydrogens is 420 g/mol. The Morgan fingerprint density at radius 2 is 1.52 bits per heavy atom. The smallest absolute Gasteiger partial charge is 0.408 e. The molecule has 7 nitrogen and oxygen atoms in total. The van der Waals surface area contributed by atoms with Crippen LogP contribution in [0.5, 0.6) is 0 Å². The highest BCUT2D eigenvalue weighted by atomic mass is 16.6. The number of carbonyl (C=O) groups excluding carboxylic acids is 3. The average Bonchev–Trinajstić information content (AvgIpc) is 3.28. The van der Waals surface area contributed by atoms with Crippen LogP contribution >= 0.6 is 0 Å². The van der Waals surface area contributed by atoms with Crippen LogP contribution in [0.3, 0.4) is 0 Å². The third-order valence-corrected chi connectivity index (χ3v) is 5.60. The molecule has 0 saturated carbocycles. The van der Waals surface area contributed by atoms with E-state index in [9.17, 15) is 14.4 Å². The Morgan fingerprint density at radius 3 is 2.00 bits per heavy atom. The van der Waals surface area contributed by atoms with Crippen LogP contribution in [0.2, 0.25) is 0 Å². The summed E-state index contributed by atoms with van der Waals surface area (Å²) in [5, 5.41) is 2.82. The van der Waals surface area contributed by atoms with Crippen molar-refractivity contribution in [3.63, 3.8) is 0 Å². The summed E-state index contributed by atoms with van der Waals surface area (Å²) in [7, 11) is 1.32. The van der Waals surface area contributed by atoms with Crippen LogP contribution in [-0.2, 0) is 19.1 Å². The summed E-state index contributed by atoms with van der Waals surface area (Å²) in [6.07, 6.45) is 0.525. The number of carbonyl (C=O) groups is 3. The summed E-state index contributed by atoms with van der Waals surface area (Å²) >= 11 is 0. The van der Waals surface area contributed by atoms with Gasteiger partial charge in [-0.3, -0.25) is 4.79 Å². The molecule has 0 radical (unpaired) electrons. The van der Waals surface area contributed by atoms with Gasteiger partial charge >= 0.3 is 12.1 Å². The number of hydrogen-bond donors (Lipinski definition) is 1. The molecule has 33 heavy (non-hydrogen) atoms. The molecule has 2 amide bonds. The van der Waals surface area contributed by atoms with E-state index in [1.54, 1.807) is 20.8 Å². The fourth-order valence-electron chi connectivity index (χ4n) is 4.21. The Balaban J connectivity index is 2.04. The van der Waals surface area contributed by atoms with Gasteiger partial charge in [-0.2, -0.15) is 0 Å². The zero-order chi connectivity index (χ0) is 24.0. The molecule has 0 spiro atoms. The van der Waals surface area contributed by atoms with Gasteiger partial charge < -0.3 is 19.7 Å². The van der Waals surface area contributed by atoms with Crippen molar-refractivity contribution in [2.24, 2.45) is 0 Å². The highest BCUT2D eigenvalue weighted by molar-refractivity contribution is 5.91. The number of methoxy groups -OCH3 is 1. The Morgan fingerprint density at radius 1 is 0.970 bits per heavy atom. The molecular formula is C26H32N2O5. The molecule has 1 N–H and O–H groups in total. The van der Waals surface area contributed by atoms with Gasteiger partial charge in [0.1, 0.15) is 17.7 Å². The molecule has 1 heterocycles. The van der Waals surface area contributed by atoms with E-state index in [1.807, 2.05) is 60.7 Å². The van der Waals surface area contributed by atoms with E-state index in [2.05, 4.69) is 5.32 Å². The number of nitrogens with one attached hydrogen (secondary N) is 1. The second-order valence-corrected chi connectivity index (χ2v) is 9.14. The van der Waals surface area contributed by atoms with Gasteiger partial charge in [0.05, 0.1) is 7.11 Å². The van der Waals surface area contributed by atoms with Gasteiger partial charge in [-0.05, 0) is 44.7 Å². The van der Waals surface area contributed by atoms with Gasteiger partial charge in [0.25, 0.3) is 0 Å². The lowest BCUT2D eigenvalue weighted by atomic mass is 9.84. The number of nitrogens with zero attached hydrogens (tertiary/aromatic N) is 1. The standard InChI is InChI=1S/C26H32N2O5/c1-26(2,3)33-25(31)27-22(23(29)28-17-11-16-20(28)24(30)32-4)21(18-12-7-5-8-13-18)19-14-9-6-10-15-19/h5-10,12-15,20-22H,11,16-17H2,1-4H3,(H,27,31)/t20-,22+/m0/s1. The minimum absolute atomic E-state index is 0.341. The fourth-order valence-corrected chi connectivity index (χ4v) is 4.21. The highest BCUT2D eigenvalue weighted by Gasteiger charge is 2.42. The zero-order valence-corrected chi connectivity index (χ0v) is 19.6. The molecule has 1 saturated heterocycles. The number of esters is 1. The Labute approximate surface area is 195 Å². The molecule has 176 valence electrons. The van der Waals surface area contributed by atoms with E-state index >= 15 is 0 Å². The number of benzene rings is 2. The predicted molar refractivity (Wildman–Crippen MR) is 125 cm³/mol. The SMILES string of the molecule is COC(=O)[C@@H]1CCCN1C(=O)[C@H](NC(=O)OC(C)(C)C)C(c1ccccc1)c1ccccc1. The van der Waals surface area contributed by atoms with Gasteiger partial charge in [-0.15, -0.1) is 0 Å². The molecule has 2 aromatic carbocycles. The topological polar surface area (TPSA) is 84.9 Å². The second-order valence-electron chi connectivity index (χ2n) is 9.14. The number of likely N-dealkylation sites (tertiary alicyclic amines) is 1. The van der Waals surface area contributed by atoms with Crippen molar-refractivity contribution in [3.05, 3.63) is 71.8 Å². The molecule has 7 heteroatoms. The lowest BCUT2D eigenvalue weighted by Gasteiger charge is -2.33. The molecule has 3 rings (SSSR count). The van der Waals surface area contributed by atoms with E-state index < -0.39 is 35.7 Å². The van der Waals surface area contributed by atoms with Gasteiger partial charge in [-0.1, -0.05) is 60.7 Å². The fraction of sp³-hybridized carbons (Fsp3) is 0.423. The molecule has 0 aliphatic carbocycles. The first-order valence-electron chi connectivity index (χ1n) is 11.2. The zero-order valence-electron chi connectivity index (χ0n) is 19.6. The summed E-state index contributed by atoms with van der Waals surface area (Å²) in [4.78, 5) is 40.6. The van der Waals surface area contributed by atoms with Gasteiger partial charge in [-0.25, -0.2) is 9.59 Å². The van der Waals surface area contributed by atoms with Crippen LogP contribution in [0.1, 0.15) is 50.7 Å². The summed E-state index contributed by atoms with van der Waals surface area (Å²) < 4.78 is 10.4. The van der Waals surface area contributed by atoms with E-state index in [0.717, 1.165) is 11.1 Å². The highest BCUT2D eigenvalue weighted by Crippen LogP contribution is 2.31. The molecule has 0 bridgehead atoms. The van der Waals surface area contributed by atoms with Crippen LogP contribution in [0.15, 0.2) is 60.7 Å². The molecule has 1 aliphatic heterocycles. The van der Waals surface area contributed by atoms with E-state index in [1.165, 1.54) is 12.0 Å². The maximum atomic E-state index is 13.9. The maximum absolute atomic E-state index is 13.9. The summed E-state index contributed by atoms with van der Waals surface area (Å²) in [6, 6.07) is 17.4. The van der Waals surface area contributed by atoms with Crippen molar-refractivity contribution in [1.29, 1.82) is 0 Å². The minimum Gasteiger partial charge on any atom is -0.467 e. The Kier molecular flexibility index (Phi) is 7.74. The lowest BCUT2D eigenvalue weighted by molar-refractivity contribution is -0.151. The average molecular weight is 453 g/mol. The van der Waals surface area contributed by atoms with Crippen molar-refractivity contribution >= 4 is 18.0 Å². The van der Waals surface area contributed by atoms with Gasteiger partial charge in [0.2, 0.25) is 5.91 Å². The quantitative estimate of drug-likeness (QED) is 0.673. The van der Waals surface area contributed by atoms with Crippen molar-refractivity contribution in [2.75, 3.05) is 13.7 Å². The molecule has 2 aromatic rings. The summed E-state index contributed by atoms with van der Waals surface area (Å²) in [6.45, 7) is 5.72. The summed E-state index contributed by atoms with van der Waals surface area (Å²) in [5.41, 5.74) is 1.01. The van der Waals surface area contributed by atoms with Crippen LogP contribution in [0.25, 0.3) is 0 Å². The van der Waals surface area contributed by atoms with Crippen molar-refractivity contribution in [1.82, 2.24) is 10.2 Å². The van der Waals surface area contributed by atoms with Gasteiger partial charge in [0, 0.05) is 12.5 Å². The number of hydrogen-bond acceptors (Lipinski definition) is 5. The first-order chi connectivity index (χ1) is 15.7. The largest absolute Gasteiger partial charge is 0.467 e. The Bertz CT molecular complexity index is 916. The van der Waals surface area contributed by atoms with Crippen molar-refractivity contribution < 1.29 is 23.9 Å². The van der Waals surface area contributed by atoms with E-state index in [4.69, 9.17) is 9.47 Å². The van der Waals surface area contributed by atoms with E-state index in [-0.39, 0.29) is 5.91 Å². The summed E-state index contributed by atoms with van der Waals surface area (Å²) in [5.74, 6) is -1.27.